The smallest absolute Gasteiger partial charge is 0.262 e. The van der Waals surface area contributed by atoms with Crippen molar-refractivity contribution in [3.05, 3.63) is 148 Å². The molecular formula is C81H101FN20O10. The lowest BCUT2D eigenvalue weighted by atomic mass is 9.87. The number of imidazole rings is 2. The van der Waals surface area contributed by atoms with E-state index in [1.54, 1.807) is 12.1 Å². The number of nitrogens with one attached hydrogen (secondary N) is 3. The number of benzene rings is 2. The normalized spacial score (nSPS) is 20.1. The van der Waals surface area contributed by atoms with Crippen LogP contribution >= 0.6 is 0 Å². The Hall–Kier alpha value is -10.5. The number of fused-ring (bicyclic) bond motifs is 4. The number of hydrogen-bond acceptors (Lipinski definition) is 24. The molecule has 14 heterocycles. The van der Waals surface area contributed by atoms with E-state index < -0.39 is 59.3 Å². The standard InChI is InChI=1S/C40H48N10O5.C27H40N8O.C13H9FN2O4.CH4/c1-25(2)49-26(3)43-32-24-42-28(22-34(32)49)21-27-9-13-41-39(44-27)48-15-11-40(55-4,12-16-48)10-14-46-17-19-47(20-18-46)29-5-6-30-31(23-29)38(54)50(37(30)53)33-7-8-35(51)45-36(33)52;1-20(2)35-21(3)31-24-19-30-23(18-25(24)35)17-22-5-9-29-26(32-22)34-13-7-27(36-4,8-14-34)6-12-33-15-10-28-11-16-33;14-6-1-2-7-8(5-6)13(20)16(12(7)19)9-3-4-10(17)15-11(9)18;/h5-6,9,13,22-25,33H,7-8,10-12,14-21H2,1-4H3,(H,45,51,52);5,9,18-20,28H,6-8,10-17H2,1-4H3;1-2,5,9H,3-4H2,(H,15,17,18);1H4. The van der Waals surface area contributed by atoms with Crippen molar-refractivity contribution >= 4 is 86.9 Å². The summed E-state index contributed by atoms with van der Waals surface area (Å²) in [4.78, 5) is 149. The van der Waals surface area contributed by atoms with Crippen molar-refractivity contribution in [3.8, 4) is 0 Å². The summed E-state index contributed by atoms with van der Waals surface area (Å²) in [6.45, 7) is 26.0. The summed E-state index contributed by atoms with van der Waals surface area (Å²) >= 11 is 0. The van der Waals surface area contributed by atoms with E-state index in [2.05, 4.69) is 126 Å². The van der Waals surface area contributed by atoms with Gasteiger partial charge in [0.15, 0.2) is 0 Å². The number of hydrogen-bond donors (Lipinski definition) is 3. The zero-order valence-corrected chi connectivity index (χ0v) is 64.3. The Balaban J connectivity index is 0.000000164. The van der Waals surface area contributed by atoms with Crippen LogP contribution in [0.4, 0.5) is 22.0 Å². The van der Waals surface area contributed by atoms with E-state index in [4.69, 9.17) is 19.4 Å². The second kappa shape index (κ2) is 33.8. The molecule has 0 saturated carbocycles. The summed E-state index contributed by atoms with van der Waals surface area (Å²) in [5.74, 6) is -1.51. The van der Waals surface area contributed by atoms with Crippen LogP contribution in [0, 0.1) is 19.7 Å². The number of aryl methyl sites for hydroxylation is 2. The molecule has 2 atom stereocenters. The number of methoxy groups -OCH3 is 2. The van der Waals surface area contributed by atoms with Gasteiger partial charge in [-0.1, -0.05) is 7.43 Å². The number of piperazine rings is 2. The van der Waals surface area contributed by atoms with Crippen LogP contribution in [0.5, 0.6) is 0 Å². The van der Waals surface area contributed by atoms with E-state index in [0.29, 0.717) is 36.1 Å². The van der Waals surface area contributed by atoms with Gasteiger partial charge in [-0.15, -0.1) is 0 Å². The molecule has 8 aromatic rings. The van der Waals surface area contributed by atoms with Gasteiger partial charge < -0.3 is 43.5 Å². The molecule has 592 valence electrons. The van der Waals surface area contributed by atoms with E-state index in [1.165, 1.54) is 6.07 Å². The van der Waals surface area contributed by atoms with E-state index in [1.807, 2.05) is 64.1 Å². The summed E-state index contributed by atoms with van der Waals surface area (Å²) < 4.78 is 30.0. The molecule has 112 heavy (non-hydrogen) atoms. The number of piperidine rings is 4. The van der Waals surface area contributed by atoms with Crippen LogP contribution in [0.3, 0.4) is 0 Å². The minimum Gasteiger partial charge on any atom is -0.378 e. The maximum Gasteiger partial charge on any atom is 0.262 e. The topological polar surface area (TPSA) is 327 Å². The fraction of sp³-hybridized carbons (Fsp3) is 0.506. The predicted molar refractivity (Wildman–Crippen MR) is 417 cm³/mol. The molecule has 31 heteroatoms. The fourth-order valence-corrected chi connectivity index (χ4v) is 16.8. The first-order chi connectivity index (χ1) is 53.5. The summed E-state index contributed by atoms with van der Waals surface area (Å²) in [5.41, 5.74) is 9.18. The average Bonchev–Trinajstić information content (AvgIpc) is 1.81. The molecular weight excluding hydrogens is 1430 g/mol. The van der Waals surface area contributed by atoms with Gasteiger partial charge in [0.1, 0.15) is 40.6 Å². The van der Waals surface area contributed by atoms with Crippen LogP contribution in [0.25, 0.3) is 22.1 Å². The SMILES string of the molecule is C.COC1(CCN2CCN(c3ccc4c(c3)C(=O)N(C3CCC(=O)NC3=O)C4=O)CC2)CCN(c2nccc(Cc3cc4c(cn3)nc(C)n4C(C)C)n2)CC1.COC1(CCN2CCNCC2)CCN(c2nccc(Cc3cc4c(cn3)nc(C)n4C(C)C)n2)CC1.O=C1CCC(N2C(=O)c3ccc(F)cc3C2=O)C(=O)N1. The van der Waals surface area contributed by atoms with Crippen molar-refractivity contribution < 1.29 is 52.2 Å². The van der Waals surface area contributed by atoms with E-state index in [-0.39, 0.29) is 61.3 Å². The largest absolute Gasteiger partial charge is 0.378 e. The Morgan fingerprint density at radius 3 is 1.36 bits per heavy atom. The second-order valence-corrected chi connectivity index (χ2v) is 30.6. The molecule has 6 aromatic heterocycles. The third kappa shape index (κ3) is 16.8. The van der Waals surface area contributed by atoms with Crippen molar-refractivity contribution in [2.45, 2.75) is 161 Å². The lowest BCUT2D eigenvalue weighted by Gasteiger charge is -2.43. The second-order valence-electron chi connectivity index (χ2n) is 30.6. The number of halogens is 1. The highest BCUT2D eigenvalue weighted by Crippen LogP contribution is 2.36. The van der Waals surface area contributed by atoms with Gasteiger partial charge in [-0.2, -0.15) is 0 Å². The average molecular weight is 1530 g/mol. The van der Waals surface area contributed by atoms with Gasteiger partial charge in [-0.3, -0.25) is 73.7 Å². The Labute approximate surface area is 650 Å². The lowest BCUT2D eigenvalue weighted by Crippen LogP contribution is -2.54. The van der Waals surface area contributed by atoms with Gasteiger partial charge in [0, 0.05) is 173 Å². The Morgan fingerprint density at radius 2 is 0.920 bits per heavy atom. The summed E-state index contributed by atoms with van der Waals surface area (Å²) in [5, 5.41) is 7.77. The van der Waals surface area contributed by atoms with Gasteiger partial charge >= 0.3 is 0 Å². The molecule has 2 unspecified atom stereocenters. The molecule has 16 rings (SSSR count). The molecule has 6 fully saturated rings. The lowest BCUT2D eigenvalue weighted by molar-refractivity contribution is -0.137. The molecule has 0 aliphatic carbocycles. The minimum absolute atomic E-state index is 0. The first-order valence-corrected chi connectivity index (χ1v) is 38.7. The number of ether oxygens (including phenoxy) is 2. The third-order valence-electron chi connectivity index (χ3n) is 23.1. The Kier molecular flexibility index (Phi) is 24.1. The zero-order chi connectivity index (χ0) is 78.0. The number of nitrogens with zero attached hydrogens (tertiary/aromatic N) is 17. The van der Waals surface area contributed by atoms with Crippen molar-refractivity contribution in [1.29, 1.82) is 0 Å². The Morgan fingerprint density at radius 1 is 0.491 bits per heavy atom. The van der Waals surface area contributed by atoms with Crippen LogP contribution in [0.2, 0.25) is 0 Å². The van der Waals surface area contributed by atoms with Gasteiger partial charge in [-0.05, 0) is 154 Å². The Bertz CT molecular complexity index is 4880. The first-order valence-electron chi connectivity index (χ1n) is 38.7. The number of carbonyl (C=O) groups is 8. The maximum atomic E-state index is 13.3. The van der Waals surface area contributed by atoms with Gasteiger partial charge in [0.25, 0.3) is 23.6 Å². The van der Waals surface area contributed by atoms with Crippen LogP contribution in [0.1, 0.15) is 187 Å². The molecule has 0 radical (unpaired) electrons. The van der Waals surface area contributed by atoms with Crippen molar-refractivity contribution in [3.63, 3.8) is 0 Å². The highest BCUT2D eigenvalue weighted by atomic mass is 19.1. The summed E-state index contributed by atoms with van der Waals surface area (Å²) in [7, 11) is 3.70. The number of pyridine rings is 2. The van der Waals surface area contributed by atoms with Crippen molar-refractivity contribution in [2.24, 2.45) is 0 Å². The number of aromatic nitrogens is 10. The molecule has 0 spiro atoms. The minimum atomic E-state index is -1.02. The van der Waals surface area contributed by atoms with Crippen molar-refractivity contribution in [1.82, 2.24) is 84.6 Å². The summed E-state index contributed by atoms with van der Waals surface area (Å²) in [6.07, 6.45) is 14.9. The number of amides is 8. The molecule has 30 nitrogen and oxygen atoms in total. The molecule has 8 amide bonds. The first kappa shape index (κ1) is 79.6. The number of rotatable bonds is 19. The molecule has 0 bridgehead atoms. The van der Waals surface area contributed by atoms with Crippen LogP contribution < -0.4 is 30.7 Å². The van der Waals surface area contributed by atoms with Gasteiger partial charge in [0.05, 0.1) is 68.3 Å². The highest BCUT2D eigenvalue weighted by molar-refractivity contribution is 6.24. The van der Waals surface area contributed by atoms with Crippen molar-refractivity contribution in [2.75, 3.05) is 121 Å². The zero-order valence-electron chi connectivity index (χ0n) is 64.3. The molecule has 3 N–H and O–H groups in total. The molecule has 6 saturated heterocycles. The third-order valence-corrected chi connectivity index (χ3v) is 23.1. The summed E-state index contributed by atoms with van der Waals surface area (Å²) in [6, 6.07) is 15.5. The van der Waals surface area contributed by atoms with E-state index in [0.717, 1.165) is 226 Å². The van der Waals surface area contributed by atoms with Crippen LogP contribution in [0.15, 0.2) is 85.5 Å². The fourth-order valence-electron chi connectivity index (χ4n) is 16.8. The van der Waals surface area contributed by atoms with Gasteiger partial charge in [0.2, 0.25) is 35.5 Å². The maximum absolute atomic E-state index is 13.3. The van der Waals surface area contributed by atoms with E-state index >= 15 is 0 Å². The quantitative estimate of drug-likeness (QED) is 0.0677. The number of imide groups is 4. The number of carbonyl (C=O) groups excluding carboxylic acids is 8. The monoisotopic (exact) mass is 1530 g/mol. The molecule has 8 aliphatic rings. The van der Waals surface area contributed by atoms with Crippen LogP contribution in [-0.2, 0) is 41.5 Å². The molecule has 2 aromatic carbocycles. The molecule has 8 aliphatic heterocycles. The predicted octanol–water partition coefficient (Wildman–Crippen LogP) is 7.15. The van der Waals surface area contributed by atoms with E-state index in [9.17, 15) is 42.7 Å². The van der Waals surface area contributed by atoms with Crippen LogP contribution in [-0.4, -0.2) is 245 Å². The highest BCUT2D eigenvalue weighted by Gasteiger charge is 2.47. The van der Waals surface area contributed by atoms with Gasteiger partial charge in [-0.25, -0.2) is 34.3 Å². The number of anilines is 3.